The maximum absolute atomic E-state index is 12.9. The van der Waals surface area contributed by atoms with Gasteiger partial charge in [-0.2, -0.15) is 0 Å². The second kappa shape index (κ2) is 7.34. The first-order chi connectivity index (χ1) is 10.7. The molecule has 0 spiro atoms. The van der Waals surface area contributed by atoms with Crippen LogP contribution in [0.3, 0.4) is 0 Å². The van der Waals surface area contributed by atoms with Gasteiger partial charge in [0.15, 0.2) is 5.78 Å². The van der Waals surface area contributed by atoms with Gasteiger partial charge in [-0.05, 0) is 82.0 Å². The maximum atomic E-state index is 12.9. The molecule has 2 aliphatic rings. The Hall–Kier alpha value is -1.26. The fourth-order valence-electron chi connectivity index (χ4n) is 3.66. The number of halogens is 1. The molecule has 22 heavy (non-hydrogen) atoms. The summed E-state index contributed by atoms with van der Waals surface area (Å²) in [5, 5.41) is 3.41. The van der Waals surface area contributed by atoms with Gasteiger partial charge in [0.1, 0.15) is 5.82 Å². The summed E-state index contributed by atoms with van der Waals surface area (Å²) >= 11 is 0. The molecule has 120 valence electrons. The van der Waals surface area contributed by atoms with Crippen LogP contribution in [0, 0.1) is 17.7 Å². The molecular formula is C18H25FN2O. The number of hydrogen-bond acceptors (Lipinski definition) is 3. The predicted octanol–water partition coefficient (Wildman–Crippen LogP) is 2.72. The standard InChI is InChI=1S/C18H25FN2O/c19-17-3-1-15(2-4-17)18(22)16-7-11-21(12-8-16)13-14-5-9-20-10-6-14/h1-4,14,16,20H,5-13H2. The first kappa shape index (κ1) is 15.6. The molecule has 1 aromatic carbocycles. The van der Waals surface area contributed by atoms with Crippen molar-refractivity contribution in [2.75, 3.05) is 32.7 Å². The third-order valence-electron chi connectivity index (χ3n) is 5.06. The lowest BCUT2D eigenvalue weighted by molar-refractivity contribution is 0.0819. The maximum Gasteiger partial charge on any atom is 0.166 e. The van der Waals surface area contributed by atoms with Gasteiger partial charge in [0, 0.05) is 18.0 Å². The molecule has 0 radical (unpaired) electrons. The van der Waals surface area contributed by atoms with Crippen LogP contribution in [0.4, 0.5) is 4.39 Å². The summed E-state index contributed by atoms with van der Waals surface area (Å²) in [6.45, 7) is 5.50. The monoisotopic (exact) mass is 304 g/mol. The number of carbonyl (C=O) groups excluding carboxylic acids is 1. The van der Waals surface area contributed by atoms with Gasteiger partial charge in [0.25, 0.3) is 0 Å². The number of carbonyl (C=O) groups is 1. The third kappa shape index (κ3) is 3.93. The Morgan fingerprint density at radius 3 is 2.36 bits per heavy atom. The number of likely N-dealkylation sites (tertiary alicyclic amines) is 1. The van der Waals surface area contributed by atoms with Gasteiger partial charge in [-0.3, -0.25) is 4.79 Å². The van der Waals surface area contributed by atoms with Crippen LogP contribution in [0.5, 0.6) is 0 Å². The first-order valence-electron chi connectivity index (χ1n) is 8.45. The highest BCUT2D eigenvalue weighted by Crippen LogP contribution is 2.24. The molecule has 2 aliphatic heterocycles. The van der Waals surface area contributed by atoms with Crippen molar-refractivity contribution in [2.45, 2.75) is 25.7 Å². The fraction of sp³-hybridized carbons (Fsp3) is 0.611. The molecule has 0 bridgehead atoms. The fourth-order valence-corrected chi connectivity index (χ4v) is 3.66. The van der Waals surface area contributed by atoms with Crippen LogP contribution in [0.2, 0.25) is 0 Å². The molecule has 0 amide bonds. The zero-order chi connectivity index (χ0) is 15.4. The summed E-state index contributed by atoms with van der Waals surface area (Å²) < 4.78 is 12.9. The normalized spacial score (nSPS) is 21.9. The molecule has 0 atom stereocenters. The summed E-state index contributed by atoms with van der Waals surface area (Å²) in [7, 11) is 0. The minimum Gasteiger partial charge on any atom is -0.317 e. The highest BCUT2D eigenvalue weighted by molar-refractivity contribution is 5.97. The summed E-state index contributed by atoms with van der Waals surface area (Å²) in [4.78, 5) is 15.0. The van der Waals surface area contributed by atoms with Gasteiger partial charge in [-0.1, -0.05) is 0 Å². The van der Waals surface area contributed by atoms with Crippen LogP contribution < -0.4 is 5.32 Å². The van der Waals surface area contributed by atoms with Crippen molar-refractivity contribution in [3.05, 3.63) is 35.6 Å². The molecule has 1 N–H and O–H groups in total. The second-order valence-electron chi connectivity index (χ2n) is 6.64. The van der Waals surface area contributed by atoms with E-state index in [1.54, 1.807) is 12.1 Å². The lowest BCUT2D eigenvalue weighted by atomic mass is 9.88. The number of hydrogen-bond donors (Lipinski definition) is 1. The molecule has 0 saturated carbocycles. The van der Waals surface area contributed by atoms with E-state index in [1.165, 1.54) is 31.5 Å². The predicted molar refractivity (Wildman–Crippen MR) is 85.5 cm³/mol. The quantitative estimate of drug-likeness (QED) is 0.868. The second-order valence-corrected chi connectivity index (χ2v) is 6.64. The average Bonchev–Trinajstić information content (AvgIpc) is 2.57. The van der Waals surface area contributed by atoms with E-state index in [9.17, 15) is 9.18 Å². The topological polar surface area (TPSA) is 32.3 Å². The van der Waals surface area contributed by atoms with Crippen molar-refractivity contribution in [2.24, 2.45) is 11.8 Å². The average molecular weight is 304 g/mol. The van der Waals surface area contributed by atoms with Crippen molar-refractivity contribution >= 4 is 5.78 Å². The van der Waals surface area contributed by atoms with Crippen LogP contribution in [0.1, 0.15) is 36.0 Å². The summed E-state index contributed by atoms with van der Waals surface area (Å²) in [6, 6.07) is 5.97. The van der Waals surface area contributed by atoms with Crippen LogP contribution >= 0.6 is 0 Å². The molecule has 2 heterocycles. The molecule has 0 unspecified atom stereocenters. The summed E-state index contributed by atoms with van der Waals surface area (Å²) in [6.07, 6.45) is 4.41. The largest absolute Gasteiger partial charge is 0.317 e. The molecule has 3 rings (SSSR count). The van der Waals surface area contributed by atoms with Crippen molar-refractivity contribution < 1.29 is 9.18 Å². The van der Waals surface area contributed by atoms with E-state index >= 15 is 0 Å². The van der Waals surface area contributed by atoms with Crippen LogP contribution in [0.15, 0.2) is 24.3 Å². The Bertz CT molecular complexity index is 488. The highest BCUT2D eigenvalue weighted by atomic mass is 19.1. The zero-order valence-corrected chi connectivity index (χ0v) is 13.1. The first-order valence-corrected chi connectivity index (χ1v) is 8.45. The number of Topliss-reactive ketones (excluding diaryl/α,β-unsaturated/α-hetero) is 1. The van der Waals surface area contributed by atoms with E-state index in [0.717, 1.165) is 44.9 Å². The Labute approximate surface area is 131 Å². The number of nitrogens with one attached hydrogen (secondary N) is 1. The molecule has 1 aromatic rings. The van der Waals surface area contributed by atoms with E-state index in [2.05, 4.69) is 10.2 Å². The van der Waals surface area contributed by atoms with E-state index < -0.39 is 0 Å². The van der Waals surface area contributed by atoms with E-state index in [4.69, 9.17) is 0 Å². The molecule has 3 nitrogen and oxygen atoms in total. The van der Waals surface area contributed by atoms with Crippen molar-refractivity contribution in [1.29, 1.82) is 0 Å². The van der Waals surface area contributed by atoms with Crippen molar-refractivity contribution in [3.63, 3.8) is 0 Å². The van der Waals surface area contributed by atoms with E-state index in [-0.39, 0.29) is 17.5 Å². The van der Waals surface area contributed by atoms with E-state index in [1.807, 2.05) is 0 Å². The van der Waals surface area contributed by atoms with E-state index in [0.29, 0.717) is 5.56 Å². The molecule has 2 fully saturated rings. The van der Waals surface area contributed by atoms with Gasteiger partial charge in [0.05, 0.1) is 0 Å². The summed E-state index contributed by atoms with van der Waals surface area (Å²) in [5.74, 6) is 0.815. The third-order valence-corrected chi connectivity index (χ3v) is 5.06. The van der Waals surface area contributed by atoms with Crippen LogP contribution in [0.25, 0.3) is 0 Å². The van der Waals surface area contributed by atoms with Gasteiger partial charge in [-0.25, -0.2) is 4.39 Å². The van der Waals surface area contributed by atoms with Gasteiger partial charge in [0.2, 0.25) is 0 Å². The number of rotatable bonds is 4. The minimum absolute atomic E-state index is 0.106. The molecule has 4 heteroatoms. The Balaban J connectivity index is 1.48. The number of ketones is 1. The Kier molecular flexibility index (Phi) is 5.21. The van der Waals surface area contributed by atoms with Crippen molar-refractivity contribution in [3.8, 4) is 0 Å². The lowest BCUT2D eigenvalue weighted by Gasteiger charge is -2.35. The highest BCUT2D eigenvalue weighted by Gasteiger charge is 2.27. The molecule has 0 aromatic heterocycles. The van der Waals surface area contributed by atoms with Gasteiger partial charge >= 0.3 is 0 Å². The van der Waals surface area contributed by atoms with Crippen molar-refractivity contribution in [1.82, 2.24) is 10.2 Å². The zero-order valence-electron chi connectivity index (χ0n) is 13.1. The van der Waals surface area contributed by atoms with Crippen LogP contribution in [-0.2, 0) is 0 Å². The molecule has 2 saturated heterocycles. The number of piperidine rings is 2. The lowest BCUT2D eigenvalue weighted by Crippen LogP contribution is -2.41. The smallest absolute Gasteiger partial charge is 0.166 e. The number of benzene rings is 1. The Morgan fingerprint density at radius 1 is 1.09 bits per heavy atom. The minimum atomic E-state index is -0.284. The molecular weight excluding hydrogens is 279 g/mol. The number of nitrogens with zero attached hydrogens (tertiary/aromatic N) is 1. The van der Waals surface area contributed by atoms with Gasteiger partial charge < -0.3 is 10.2 Å². The Morgan fingerprint density at radius 2 is 1.73 bits per heavy atom. The van der Waals surface area contributed by atoms with Gasteiger partial charge in [-0.15, -0.1) is 0 Å². The molecule has 0 aliphatic carbocycles. The van der Waals surface area contributed by atoms with Crippen LogP contribution in [-0.4, -0.2) is 43.4 Å². The summed E-state index contributed by atoms with van der Waals surface area (Å²) in [5.41, 5.74) is 0.651. The SMILES string of the molecule is O=C(c1ccc(F)cc1)C1CCN(CC2CCNCC2)CC1.